The molecular formula is C18H19Cl3N4O3. The number of nitrogens with zero attached hydrogens (tertiary/aromatic N) is 3. The summed E-state index contributed by atoms with van der Waals surface area (Å²) in [6.45, 7) is 4.59. The molecule has 3 rings (SSSR count). The molecule has 28 heavy (non-hydrogen) atoms. The van der Waals surface area contributed by atoms with Crippen molar-refractivity contribution in [3.63, 3.8) is 0 Å². The van der Waals surface area contributed by atoms with Crippen LogP contribution in [0.2, 0.25) is 15.1 Å². The van der Waals surface area contributed by atoms with E-state index in [-0.39, 0.29) is 10.0 Å². The summed E-state index contributed by atoms with van der Waals surface area (Å²) in [6, 6.07) is 5.00. The maximum atomic E-state index is 13.0. The van der Waals surface area contributed by atoms with Crippen molar-refractivity contribution in [3.8, 4) is 5.69 Å². The van der Waals surface area contributed by atoms with E-state index in [1.54, 1.807) is 25.1 Å². The molecule has 2 aromatic rings. The summed E-state index contributed by atoms with van der Waals surface area (Å²) in [7, 11) is 0. The highest BCUT2D eigenvalue weighted by atomic mass is 35.5. The molecule has 0 atom stereocenters. The fraction of sp³-hybridized carbons (Fsp3) is 0.389. The van der Waals surface area contributed by atoms with E-state index in [2.05, 4.69) is 10.3 Å². The number of carbonyl (C=O) groups is 1. The molecule has 10 heteroatoms. The zero-order chi connectivity index (χ0) is 20.6. The molecule has 1 saturated heterocycles. The van der Waals surface area contributed by atoms with Crippen LogP contribution in [0.5, 0.6) is 0 Å². The first-order valence-electron chi connectivity index (χ1n) is 8.62. The van der Waals surface area contributed by atoms with E-state index in [9.17, 15) is 9.59 Å². The number of anilines is 1. The van der Waals surface area contributed by atoms with Crippen LogP contribution in [0.4, 0.5) is 10.6 Å². The minimum Gasteiger partial charge on any atom is -0.465 e. The molecule has 0 bridgehead atoms. The smallest absolute Gasteiger partial charge is 0.405 e. The fourth-order valence-corrected chi connectivity index (χ4v) is 3.97. The van der Waals surface area contributed by atoms with Crippen molar-refractivity contribution in [2.24, 2.45) is 0 Å². The Balaban J connectivity index is 1.95. The molecule has 0 saturated carbocycles. The summed E-state index contributed by atoms with van der Waals surface area (Å²) in [4.78, 5) is 30.4. The van der Waals surface area contributed by atoms with Crippen LogP contribution in [0.25, 0.3) is 5.69 Å². The van der Waals surface area contributed by atoms with E-state index >= 15 is 0 Å². The Morgan fingerprint density at radius 3 is 2.46 bits per heavy atom. The molecule has 1 amide bonds. The Morgan fingerprint density at radius 1 is 1.21 bits per heavy atom. The largest absolute Gasteiger partial charge is 0.465 e. The molecule has 1 aromatic heterocycles. The minimum absolute atomic E-state index is 0.0172. The summed E-state index contributed by atoms with van der Waals surface area (Å²) in [5.74, 6) is 0.807. The van der Waals surface area contributed by atoms with E-state index in [1.807, 2.05) is 11.8 Å². The lowest BCUT2D eigenvalue weighted by Gasteiger charge is -2.40. The molecule has 150 valence electrons. The van der Waals surface area contributed by atoms with Gasteiger partial charge in [-0.25, -0.2) is 9.78 Å². The lowest BCUT2D eigenvalue weighted by Crippen LogP contribution is -2.53. The van der Waals surface area contributed by atoms with Crippen molar-refractivity contribution in [1.82, 2.24) is 14.9 Å². The first-order valence-corrected chi connectivity index (χ1v) is 9.76. The lowest BCUT2D eigenvalue weighted by atomic mass is 9.90. The van der Waals surface area contributed by atoms with Gasteiger partial charge in [0.25, 0.3) is 5.56 Å². The maximum Gasteiger partial charge on any atom is 0.405 e. The first kappa shape index (κ1) is 20.8. The highest BCUT2D eigenvalue weighted by molar-refractivity contribution is 6.43. The van der Waals surface area contributed by atoms with Gasteiger partial charge in [0.2, 0.25) is 0 Å². The van der Waals surface area contributed by atoms with Gasteiger partial charge in [-0.1, -0.05) is 40.9 Å². The van der Waals surface area contributed by atoms with E-state index in [1.165, 1.54) is 4.57 Å². The van der Waals surface area contributed by atoms with Gasteiger partial charge in [0.15, 0.2) is 5.82 Å². The molecule has 0 radical (unpaired) electrons. The van der Waals surface area contributed by atoms with E-state index in [0.717, 1.165) is 0 Å². The van der Waals surface area contributed by atoms with E-state index < -0.39 is 17.2 Å². The number of halogens is 3. The topological polar surface area (TPSA) is 87.5 Å². The third kappa shape index (κ3) is 3.92. The summed E-state index contributed by atoms with van der Waals surface area (Å²) < 4.78 is 1.33. The van der Waals surface area contributed by atoms with Crippen molar-refractivity contribution >= 4 is 46.7 Å². The fourth-order valence-electron chi connectivity index (χ4n) is 3.35. The second-order valence-electron chi connectivity index (χ2n) is 6.99. The summed E-state index contributed by atoms with van der Waals surface area (Å²) >= 11 is 18.7. The van der Waals surface area contributed by atoms with Crippen molar-refractivity contribution in [1.29, 1.82) is 0 Å². The molecule has 1 aliphatic rings. The molecule has 0 unspecified atom stereocenters. The van der Waals surface area contributed by atoms with Gasteiger partial charge in [0.05, 0.1) is 15.7 Å². The summed E-state index contributed by atoms with van der Waals surface area (Å²) in [5, 5.41) is 12.1. The minimum atomic E-state index is -1.05. The maximum absolute atomic E-state index is 13.0. The second kappa shape index (κ2) is 7.81. The van der Waals surface area contributed by atoms with Gasteiger partial charge >= 0.3 is 6.09 Å². The number of carboxylic acid groups (broad SMARTS) is 1. The zero-order valence-electron chi connectivity index (χ0n) is 15.3. The number of hydrogen-bond acceptors (Lipinski definition) is 4. The zero-order valence-corrected chi connectivity index (χ0v) is 17.6. The van der Waals surface area contributed by atoms with Crippen LogP contribution in [0.3, 0.4) is 0 Å². The Bertz CT molecular complexity index is 985. The van der Waals surface area contributed by atoms with Gasteiger partial charge < -0.3 is 15.3 Å². The highest BCUT2D eigenvalue weighted by Crippen LogP contribution is 2.31. The molecule has 7 nitrogen and oxygen atoms in total. The Hall–Kier alpha value is -1.96. The molecular weight excluding hydrogens is 427 g/mol. The second-order valence-corrected chi connectivity index (χ2v) is 8.15. The number of nitrogens with one attached hydrogen (secondary N) is 1. The van der Waals surface area contributed by atoms with Crippen molar-refractivity contribution in [2.75, 3.05) is 18.0 Å². The van der Waals surface area contributed by atoms with Gasteiger partial charge in [0.1, 0.15) is 10.8 Å². The van der Waals surface area contributed by atoms with Crippen molar-refractivity contribution in [3.05, 3.63) is 49.4 Å². The molecule has 1 aromatic carbocycles. The SMILES string of the molecule is Cc1nc(N2CCC(C)(NC(=O)O)CC2)c(Cl)c(=O)n1-c1cccc(Cl)c1Cl. The standard InChI is InChI=1S/C18H19Cl3N4O3/c1-10-22-15(24-8-6-18(2,7-9-24)23-17(27)28)14(21)16(26)25(10)12-5-3-4-11(19)13(12)20/h3-5,23H,6-9H2,1-2H3,(H,27,28). The Kier molecular flexibility index (Phi) is 5.79. The van der Waals surface area contributed by atoms with Crippen LogP contribution in [-0.2, 0) is 0 Å². The number of aryl methyl sites for hydroxylation is 1. The average Bonchev–Trinajstić information content (AvgIpc) is 2.62. The third-order valence-corrected chi connectivity index (χ3v) is 6.07. The first-order chi connectivity index (χ1) is 13.1. The number of rotatable bonds is 3. The molecule has 0 aliphatic carbocycles. The van der Waals surface area contributed by atoms with Crippen LogP contribution >= 0.6 is 34.8 Å². The Morgan fingerprint density at radius 2 is 1.86 bits per heavy atom. The van der Waals surface area contributed by atoms with Crippen LogP contribution < -0.4 is 15.8 Å². The van der Waals surface area contributed by atoms with E-state index in [0.29, 0.717) is 48.3 Å². The van der Waals surface area contributed by atoms with Crippen molar-refractivity contribution in [2.45, 2.75) is 32.2 Å². The summed E-state index contributed by atoms with van der Waals surface area (Å²) in [6.07, 6.45) is 0.0861. The Labute approximate surface area is 176 Å². The average molecular weight is 446 g/mol. The van der Waals surface area contributed by atoms with Crippen LogP contribution in [0, 0.1) is 6.92 Å². The summed E-state index contributed by atoms with van der Waals surface area (Å²) in [5.41, 5.74) is -0.549. The van der Waals surface area contributed by atoms with Gasteiger partial charge in [0, 0.05) is 18.6 Å². The highest BCUT2D eigenvalue weighted by Gasteiger charge is 2.33. The normalized spacial score (nSPS) is 16.1. The third-order valence-electron chi connectivity index (χ3n) is 4.93. The number of aromatic nitrogens is 2. The van der Waals surface area contributed by atoms with Crippen LogP contribution in [0.1, 0.15) is 25.6 Å². The molecule has 1 fully saturated rings. The van der Waals surface area contributed by atoms with Gasteiger partial charge in [-0.3, -0.25) is 9.36 Å². The molecule has 2 heterocycles. The predicted molar refractivity (Wildman–Crippen MR) is 111 cm³/mol. The molecule has 0 spiro atoms. The van der Waals surface area contributed by atoms with Gasteiger partial charge in [-0.05, 0) is 38.8 Å². The quantitative estimate of drug-likeness (QED) is 0.742. The van der Waals surface area contributed by atoms with Crippen molar-refractivity contribution < 1.29 is 9.90 Å². The number of hydrogen-bond donors (Lipinski definition) is 2. The predicted octanol–water partition coefficient (Wildman–Crippen LogP) is 4.13. The molecule has 2 N–H and O–H groups in total. The molecule has 1 aliphatic heterocycles. The van der Waals surface area contributed by atoms with Crippen LogP contribution in [-0.4, -0.2) is 39.4 Å². The van der Waals surface area contributed by atoms with Crippen LogP contribution in [0.15, 0.2) is 23.0 Å². The monoisotopic (exact) mass is 444 g/mol. The number of amides is 1. The number of piperidine rings is 1. The van der Waals surface area contributed by atoms with Gasteiger partial charge in [-0.2, -0.15) is 0 Å². The van der Waals surface area contributed by atoms with Gasteiger partial charge in [-0.15, -0.1) is 0 Å². The van der Waals surface area contributed by atoms with E-state index in [4.69, 9.17) is 39.9 Å². The number of benzene rings is 1. The lowest BCUT2D eigenvalue weighted by molar-refractivity contribution is 0.173.